The summed E-state index contributed by atoms with van der Waals surface area (Å²) in [5.41, 5.74) is 6.09. The Morgan fingerprint density at radius 3 is 2.43 bits per heavy atom. The number of carbonyl (C=O) groups excluding carboxylic acids is 1. The van der Waals surface area contributed by atoms with Crippen LogP contribution in [-0.2, 0) is 11.2 Å². The lowest BCUT2D eigenvalue weighted by molar-refractivity contribution is -0.117. The van der Waals surface area contributed by atoms with Gasteiger partial charge in [-0.25, -0.2) is 0 Å². The Morgan fingerprint density at radius 2 is 1.76 bits per heavy atom. The van der Waals surface area contributed by atoms with Crippen LogP contribution in [0.15, 0.2) is 42.5 Å². The van der Waals surface area contributed by atoms with Gasteiger partial charge in [-0.2, -0.15) is 0 Å². The van der Waals surface area contributed by atoms with Crippen LogP contribution in [0, 0.1) is 6.92 Å². The minimum Gasteiger partial charge on any atom is -0.310 e. The number of carbonyl (C=O) groups is 1. The van der Waals surface area contributed by atoms with Gasteiger partial charge in [-0.15, -0.1) is 0 Å². The lowest BCUT2D eigenvalue weighted by Crippen LogP contribution is -2.40. The summed E-state index contributed by atoms with van der Waals surface area (Å²) in [4.78, 5) is 13.8. The summed E-state index contributed by atoms with van der Waals surface area (Å²) in [5.74, 6) is 0.131. The zero-order valence-corrected chi connectivity index (χ0v) is 12.9. The molecule has 1 heterocycles. The number of hydrogen-bond acceptors (Lipinski definition) is 1. The van der Waals surface area contributed by atoms with E-state index in [1.165, 1.54) is 22.3 Å². The molecule has 3 rings (SSSR count). The maximum atomic E-state index is 11.9. The van der Waals surface area contributed by atoms with Crippen molar-refractivity contribution < 1.29 is 4.79 Å². The molecule has 1 aliphatic rings. The summed E-state index contributed by atoms with van der Waals surface area (Å²) in [5, 5.41) is 0. The van der Waals surface area contributed by atoms with Crippen LogP contribution in [0.4, 0.5) is 5.69 Å². The van der Waals surface area contributed by atoms with Gasteiger partial charge in [0.25, 0.3) is 0 Å². The lowest BCUT2D eigenvalue weighted by atomic mass is 9.93. The van der Waals surface area contributed by atoms with Crippen LogP contribution < -0.4 is 4.90 Å². The summed E-state index contributed by atoms with van der Waals surface area (Å²) < 4.78 is 0. The van der Waals surface area contributed by atoms with Crippen molar-refractivity contribution >= 4 is 11.6 Å². The molecule has 1 atom stereocenters. The van der Waals surface area contributed by atoms with E-state index >= 15 is 0 Å². The molecule has 1 amide bonds. The molecule has 0 fully saturated rings. The number of nitrogens with zero attached hydrogens (tertiary/aromatic N) is 1. The summed E-state index contributed by atoms with van der Waals surface area (Å²) in [6.45, 7) is 5.88. The molecule has 2 aromatic rings. The molecule has 2 aromatic carbocycles. The first-order valence-electron chi connectivity index (χ1n) is 7.56. The normalized spacial score (nSPS) is 17.5. The molecule has 0 saturated carbocycles. The standard InChI is InChI=1S/C19H21NO/c1-13-4-7-16(8-5-13)17-10-11-19-18(12-17)9-6-14(2)20(19)15(3)21/h4-5,7-8,10-12,14H,6,9H2,1-3H3/t14-/m0/s1. The molecule has 21 heavy (non-hydrogen) atoms. The Kier molecular flexibility index (Phi) is 3.54. The van der Waals surface area contributed by atoms with E-state index in [1.807, 2.05) is 4.90 Å². The monoisotopic (exact) mass is 279 g/mol. The number of benzene rings is 2. The molecule has 0 unspecified atom stereocenters. The maximum Gasteiger partial charge on any atom is 0.224 e. The van der Waals surface area contributed by atoms with Crippen LogP contribution in [0.2, 0.25) is 0 Å². The van der Waals surface area contributed by atoms with Crippen LogP contribution in [0.1, 0.15) is 31.4 Å². The first-order chi connectivity index (χ1) is 10.1. The van der Waals surface area contributed by atoms with Crippen molar-refractivity contribution in [1.29, 1.82) is 0 Å². The number of rotatable bonds is 1. The second-order valence-corrected chi connectivity index (χ2v) is 5.99. The Labute approximate surface area is 126 Å². The SMILES string of the molecule is CC(=O)N1c2ccc(-c3ccc(C)cc3)cc2CC[C@@H]1C. The van der Waals surface area contributed by atoms with Crippen molar-refractivity contribution in [1.82, 2.24) is 0 Å². The fourth-order valence-corrected chi connectivity index (χ4v) is 3.16. The van der Waals surface area contributed by atoms with Gasteiger partial charge in [-0.05, 0) is 55.5 Å². The van der Waals surface area contributed by atoms with Crippen molar-refractivity contribution in [2.45, 2.75) is 39.7 Å². The molecule has 2 nitrogen and oxygen atoms in total. The molecule has 0 aromatic heterocycles. The summed E-state index contributed by atoms with van der Waals surface area (Å²) in [6.07, 6.45) is 2.07. The largest absolute Gasteiger partial charge is 0.310 e. The molecule has 0 aliphatic carbocycles. The third-order valence-corrected chi connectivity index (χ3v) is 4.34. The number of hydrogen-bond donors (Lipinski definition) is 0. The lowest BCUT2D eigenvalue weighted by Gasteiger charge is -2.34. The van der Waals surface area contributed by atoms with Crippen molar-refractivity contribution in [2.75, 3.05) is 4.90 Å². The minimum atomic E-state index is 0.131. The van der Waals surface area contributed by atoms with Gasteiger partial charge >= 0.3 is 0 Å². The molecule has 0 N–H and O–H groups in total. The van der Waals surface area contributed by atoms with Crippen molar-refractivity contribution in [3.8, 4) is 11.1 Å². The van der Waals surface area contributed by atoms with Gasteiger partial charge < -0.3 is 4.90 Å². The Hall–Kier alpha value is -2.09. The van der Waals surface area contributed by atoms with Gasteiger partial charge in [0.15, 0.2) is 0 Å². The van der Waals surface area contributed by atoms with E-state index < -0.39 is 0 Å². The van der Waals surface area contributed by atoms with Gasteiger partial charge in [0, 0.05) is 18.7 Å². The van der Waals surface area contributed by atoms with Crippen LogP contribution in [-0.4, -0.2) is 11.9 Å². The maximum absolute atomic E-state index is 11.9. The second-order valence-electron chi connectivity index (χ2n) is 5.99. The zero-order chi connectivity index (χ0) is 15.0. The quantitative estimate of drug-likeness (QED) is 0.760. The van der Waals surface area contributed by atoms with Crippen LogP contribution in [0.5, 0.6) is 0 Å². The van der Waals surface area contributed by atoms with E-state index in [-0.39, 0.29) is 5.91 Å². The third kappa shape index (κ3) is 2.58. The first-order valence-corrected chi connectivity index (χ1v) is 7.56. The fourth-order valence-electron chi connectivity index (χ4n) is 3.16. The summed E-state index contributed by atoms with van der Waals surface area (Å²) in [7, 11) is 0. The average Bonchev–Trinajstić information content (AvgIpc) is 2.47. The van der Waals surface area contributed by atoms with Gasteiger partial charge in [0.2, 0.25) is 5.91 Å². The molecular weight excluding hydrogens is 258 g/mol. The Bertz CT molecular complexity index is 672. The molecule has 108 valence electrons. The van der Waals surface area contributed by atoms with Gasteiger partial charge in [0.05, 0.1) is 0 Å². The first kappa shape index (κ1) is 13.9. The zero-order valence-electron chi connectivity index (χ0n) is 12.9. The number of anilines is 1. The minimum absolute atomic E-state index is 0.131. The predicted octanol–water partition coefficient (Wildman–Crippen LogP) is 4.35. The van der Waals surface area contributed by atoms with E-state index in [4.69, 9.17) is 0 Å². The fraction of sp³-hybridized carbons (Fsp3) is 0.316. The van der Waals surface area contributed by atoms with E-state index in [0.29, 0.717) is 6.04 Å². The van der Waals surface area contributed by atoms with Gasteiger partial charge in [0.1, 0.15) is 0 Å². The van der Waals surface area contributed by atoms with E-state index in [1.54, 1.807) is 6.92 Å². The topological polar surface area (TPSA) is 20.3 Å². The molecule has 1 aliphatic heterocycles. The van der Waals surface area contributed by atoms with Gasteiger partial charge in [-0.3, -0.25) is 4.79 Å². The molecule has 0 spiro atoms. The third-order valence-electron chi connectivity index (χ3n) is 4.34. The van der Waals surface area contributed by atoms with E-state index in [9.17, 15) is 4.79 Å². The van der Waals surface area contributed by atoms with Crippen molar-refractivity contribution in [3.63, 3.8) is 0 Å². The predicted molar refractivity (Wildman–Crippen MR) is 87.6 cm³/mol. The second kappa shape index (κ2) is 5.36. The summed E-state index contributed by atoms with van der Waals surface area (Å²) in [6, 6.07) is 15.3. The number of fused-ring (bicyclic) bond motifs is 1. The van der Waals surface area contributed by atoms with Crippen LogP contribution >= 0.6 is 0 Å². The summed E-state index contributed by atoms with van der Waals surface area (Å²) >= 11 is 0. The van der Waals surface area contributed by atoms with Gasteiger partial charge in [-0.1, -0.05) is 35.9 Å². The Morgan fingerprint density at radius 1 is 1.10 bits per heavy atom. The Balaban J connectivity index is 2.02. The van der Waals surface area contributed by atoms with E-state index in [2.05, 4.69) is 56.3 Å². The smallest absolute Gasteiger partial charge is 0.224 e. The highest BCUT2D eigenvalue weighted by atomic mass is 16.2. The molecule has 0 bridgehead atoms. The van der Waals surface area contributed by atoms with Crippen LogP contribution in [0.25, 0.3) is 11.1 Å². The van der Waals surface area contributed by atoms with Crippen molar-refractivity contribution in [3.05, 3.63) is 53.6 Å². The molecule has 0 saturated heterocycles. The average molecular weight is 279 g/mol. The molecular formula is C19H21NO. The van der Waals surface area contributed by atoms with Crippen LogP contribution in [0.3, 0.4) is 0 Å². The molecule has 2 heteroatoms. The number of amides is 1. The highest BCUT2D eigenvalue weighted by molar-refractivity contribution is 5.94. The highest BCUT2D eigenvalue weighted by Crippen LogP contribution is 2.34. The number of aryl methyl sites for hydroxylation is 2. The molecule has 0 radical (unpaired) electrons. The van der Waals surface area contributed by atoms with E-state index in [0.717, 1.165) is 18.5 Å². The van der Waals surface area contributed by atoms with Crippen molar-refractivity contribution in [2.24, 2.45) is 0 Å². The highest BCUT2D eigenvalue weighted by Gasteiger charge is 2.26.